The van der Waals surface area contributed by atoms with Gasteiger partial charge in [0, 0.05) is 13.1 Å². The molecule has 3 aromatic rings. The standard InChI is InChI=1S/C15H14FN5OS3/c1-2-23-15-20-19-13(25-15)18-12(22)8-6-21(7-8)14-17-10-4-3-9(16)5-11(10)24-14/h3-5,8H,2,6-7H2,1H3,(H,18,19,22). The second-order valence-electron chi connectivity index (χ2n) is 5.51. The number of hydrogen-bond donors (Lipinski definition) is 1. The summed E-state index contributed by atoms with van der Waals surface area (Å²) in [6.45, 7) is 3.25. The van der Waals surface area contributed by atoms with Gasteiger partial charge in [0.25, 0.3) is 0 Å². The summed E-state index contributed by atoms with van der Waals surface area (Å²) in [7, 11) is 0. The predicted molar refractivity (Wildman–Crippen MR) is 100 cm³/mol. The normalized spacial score (nSPS) is 14.7. The van der Waals surface area contributed by atoms with Crippen LogP contribution in [-0.4, -0.2) is 39.9 Å². The average molecular weight is 396 g/mol. The van der Waals surface area contributed by atoms with E-state index in [2.05, 4.69) is 20.5 Å². The molecular formula is C15H14FN5OS3. The zero-order chi connectivity index (χ0) is 17.4. The molecule has 1 N–H and O–H groups in total. The van der Waals surface area contributed by atoms with Crippen molar-refractivity contribution in [1.82, 2.24) is 15.2 Å². The number of fused-ring (bicyclic) bond motifs is 1. The molecule has 0 unspecified atom stereocenters. The van der Waals surface area contributed by atoms with E-state index in [4.69, 9.17) is 0 Å². The Morgan fingerprint density at radius 1 is 1.40 bits per heavy atom. The molecule has 10 heteroatoms. The van der Waals surface area contributed by atoms with Crippen LogP contribution in [0.2, 0.25) is 0 Å². The highest BCUT2D eigenvalue weighted by atomic mass is 32.2. The molecule has 6 nitrogen and oxygen atoms in total. The lowest BCUT2D eigenvalue weighted by molar-refractivity contribution is -0.120. The minimum atomic E-state index is -0.263. The smallest absolute Gasteiger partial charge is 0.232 e. The van der Waals surface area contributed by atoms with Gasteiger partial charge in [-0.25, -0.2) is 9.37 Å². The van der Waals surface area contributed by atoms with E-state index in [0.29, 0.717) is 18.2 Å². The highest BCUT2D eigenvalue weighted by molar-refractivity contribution is 8.01. The van der Waals surface area contributed by atoms with E-state index >= 15 is 0 Å². The van der Waals surface area contributed by atoms with Crippen LogP contribution in [-0.2, 0) is 4.79 Å². The van der Waals surface area contributed by atoms with Crippen molar-refractivity contribution >= 4 is 60.8 Å². The van der Waals surface area contributed by atoms with Gasteiger partial charge in [-0.2, -0.15) is 0 Å². The molecule has 0 aliphatic carbocycles. The van der Waals surface area contributed by atoms with Crippen LogP contribution in [0.5, 0.6) is 0 Å². The van der Waals surface area contributed by atoms with Crippen molar-refractivity contribution < 1.29 is 9.18 Å². The van der Waals surface area contributed by atoms with Crippen LogP contribution in [0.4, 0.5) is 14.7 Å². The van der Waals surface area contributed by atoms with Crippen molar-refractivity contribution in [2.24, 2.45) is 5.92 Å². The number of thiazole rings is 1. The summed E-state index contributed by atoms with van der Waals surface area (Å²) in [5.74, 6) is 0.510. The van der Waals surface area contributed by atoms with Crippen molar-refractivity contribution in [2.75, 3.05) is 29.1 Å². The summed E-state index contributed by atoms with van der Waals surface area (Å²) in [4.78, 5) is 18.8. The van der Waals surface area contributed by atoms with E-state index in [1.165, 1.54) is 34.8 Å². The molecule has 25 heavy (non-hydrogen) atoms. The molecule has 0 bridgehead atoms. The number of thioether (sulfide) groups is 1. The van der Waals surface area contributed by atoms with Gasteiger partial charge in [-0.3, -0.25) is 4.79 Å². The van der Waals surface area contributed by atoms with E-state index in [9.17, 15) is 9.18 Å². The monoisotopic (exact) mass is 395 g/mol. The third-order valence-corrected chi connectivity index (χ3v) is 6.70. The van der Waals surface area contributed by atoms with Gasteiger partial charge >= 0.3 is 0 Å². The van der Waals surface area contributed by atoms with Gasteiger partial charge < -0.3 is 10.2 Å². The molecule has 1 amide bonds. The summed E-state index contributed by atoms with van der Waals surface area (Å²) in [6.07, 6.45) is 0. The molecule has 4 rings (SSSR count). The third-order valence-electron chi connectivity index (χ3n) is 3.77. The van der Waals surface area contributed by atoms with E-state index in [1.807, 2.05) is 11.8 Å². The molecule has 3 heterocycles. The molecule has 0 spiro atoms. The fourth-order valence-corrected chi connectivity index (χ4v) is 5.13. The van der Waals surface area contributed by atoms with E-state index in [-0.39, 0.29) is 17.6 Å². The Kier molecular flexibility index (Phi) is 4.57. The lowest BCUT2D eigenvalue weighted by Gasteiger charge is -2.37. The second kappa shape index (κ2) is 6.85. The number of rotatable bonds is 5. The molecular weight excluding hydrogens is 381 g/mol. The first-order chi connectivity index (χ1) is 12.1. The van der Waals surface area contributed by atoms with Gasteiger partial charge in [0.05, 0.1) is 16.1 Å². The topological polar surface area (TPSA) is 71.0 Å². The Balaban J connectivity index is 1.36. The lowest BCUT2D eigenvalue weighted by Crippen LogP contribution is -2.52. The number of benzene rings is 1. The lowest BCUT2D eigenvalue weighted by atomic mass is 10.0. The Morgan fingerprint density at radius 2 is 2.24 bits per heavy atom. The quantitative estimate of drug-likeness (QED) is 0.527. The van der Waals surface area contributed by atoms with Gasteiger partial charge in [0.15, 0.2) is 9.47 Å². The van der Waals surface area contributed by atoms with Gasteiger partial charge in [-0.15, -0.1) is 10.2 Å². The summed E-state index contributed by atoms with van der Waals surface area (Å²) in [5.41, 5.74) is 0.782. The number of anilines is 2. The van der Waals surface area contributed by atoms with Crippen molar-refractivity contribution in [2.45, 2.75) is 11.3 Å². The number of aromatic nitrogens is 3. The van der Waals surface area contributed by atoms with Gasteiger partial charge in [-0.1, -0.05) is 41.4 Å². The molecule has 1 aromatic carbocycles. The molecule has 2 aromatic heterocycles. The van der Waals surface area contributed by atoms with Crippen molar-refractivity contribution in [1.29, 1.82) is 0 Å². The second-order valence-corrected chi connectivity index (χ2v) is 9.00. The van der Waals surface area contributed by atoms with Gasteiger partial charge in [-0.05, 0) is 24.0 Å². The first-order valence-corrected chi connectivity index (χ1v) is 10.3. The number of amides is 1. The van der Waals surface area contributed by atoms with Crippen LogP contribution in [0, 0.1) is 11.7 Å². The Morgan fingerprint density at radius 3 is 3.04 bits per heavy atom. The average Bonchev–Trinajstić information content (AvgIpc) is 3.12. The van der Waals surface area contributed by atoms with Gasteiger partial charge in [0.1, 0.15) is 5.82 Å². The molecule has 0 atom stereocenters. The highest BCUT2D eigenvalue weighted by Gasteiger charge is 2.34. The number of carbonyl (C=O) groups is 1. The maximum absolute atomic E-state index is 13.3. The molecule has 1 aliphatic rings. The molecule has 1 aliphatic heterocycles. The van der Waals surface area contributed by atoms with Crippen molar-refractivity contribution in [3.8, 4) is 0 Å². The van der Waals surface area contributed by atoms with E-state index < -0.39 is 0 Å². The van der Waals surface area contributed by atoms with E-state index in [1.54, 1.807) is 17.8 Å². The summed E-state index contributed by atoms with van der Waals surface area (Å²) in [6, 6.07) is 4.57. The zero-order valence-electron chi connectivity index (χ0n) is 13.2. The Labute approximate surface area is 155 Å². The molecule has 1 fully saturated rings. The highest BCUT2D eigenvalue weighted by Crippen LogP contribution is 2.34. The number of carbonyl (C=O) groups excluding carboxylic acids is 1. The predicted octanol–water partition coefficient (Wildman–Crippen LogP) is 3.47. The van der Waals surface area contributed by atoms with Crippen LogP contribution in [0.1, 0.15) is 6.92 Å². The van der Waals surface area contributed by atoms with Crippen LogP contribution in [0.25, 0.3) is 10.2 Å². The van der Waals surface area contributed by atoms with Crippen LogP contribution >= 0.6 is 34.4 Å². The fraction of sp³-hybridized carbons (Fsp3) is 0.333. The van der Waals surface area contributed by atoms with Crippen molar-refractivity contribution in [3.63, 3.8) is 0 Å². The summed E-state index contributed by atoms with van der Waals surface area (Å²) < 4.78 is 14.9. The minimum Gasteiger partial charge on any atom is -0.346 e. The van der Waals surface area contributed by atoms with Crippen molar-refractivity contribution in [3.05, 3.63) is 24.0 Å². The molecule has 0 saturated carbocycles. The largest absolute Gasteiger partial charge is 0.346 e. The number of hydrogen-bond acceptors (Lipinski definition) is 8. The molecule has 1 saturated heterocycles. The number of nitrogens with one attached hydrogen (secondary N) is 1. The zero-order valence-corrected chi connectivity index (χ0v) is 15.7. The molecule has 130 valence electrons. The number of halogens is 1. The van der Waals surface area contributed by atoms with Gasteiger partial charge in [0.2, 0.25) is 11.0 Å². The fourth-order valence-electron chi connectivity index (χ4n) is 2.47. The minimum absolute atomic E-state index is 0.0485. The third kappa shape index (κ3) is 3.46. The van der Waals surface area contributed by atoms with Crippen LogP contribution in [0.3, 0.4) is 0 Å². The SMILES string of the molecule is CCSc1nnc(NC(=O)C2CN(c3nc4ccc(F)cc4s3)C2)s1. The number of nitrogens with zero attached hydrogens (tertiary/aromatic N) is 4. The summed E-state index contributed by atoms with van der Waals surface area (Å²) >= 11 is 4.43. The Bertz CT molecular complexity index is 921. The van der Waals surface area contributed by atoms with Crippen LogP contribution in [0.15, 0.2) is 22.5 Å². The van der Waals surface area contributed by atoms with Crippen LogP contribution < -0.4 is 10.2 Å². The summed E-state index contributed by atoms with van der Waals surface area (Å²) in [5, 5.41) is 12.2. The maximum Gasteiger partial charge on any atom is 0.232 e. The molecule has 0 radical (unpaired) electrons. The first-order valence-electron chi connectivity index (χ1n) is 7.70. The Hall–Kier alpha value is -1.78. The first kappa shape index (κ1) is 16.7. The maximum atomic E-state index is 13.3. The van der Waals surface area contributed by atoms with E-state index in [0.717, 1.165) is 25.4 Å².